The standard InChI is InChI=1S/C23H29N3O3S/c1-21(10-14-11-25-26-19(14)9-15(21)12-27)17-3-5-22(2)18(16(17)13-28)4-6-23(22,29)20-24-7-8-30-20/h7-8,11-13,15-18,29H,3-6,9-10H2,1-2H3,(H,25,26)/t15-,16-,17+,18+,21+,22+,23-/m1/s1. The zero-order chi connectivity index (χ0) is 21.1. The molecule has 6 nitrogen and oxygen atoms in total. The summed E-state index contributed by atoms with van der Waals surface area (Å²) in [5, 5.41) is 21.7. The summed E-state index contributed by atoms with van der Waals surface area (Å²) in [4.78, 5) is 29.1. The molecule has 3 aliphatic rings. The zero-order valence-electron chi connectivity index (χ0n) is 17.5. The van der Waals surface area contributed by atoms with E-state index >= 15 is 0 Å². The van der Waals surface area contributed by atoms with Gasteiger partial charge in [-0.05, 0) is 61.3 Å². The summed E-state index contributed by atoms with van der Waals surface area (Å²) >= 11 is 1.50. The van der Waals surface area contributed by atoms with Crippen LogP contribution in [-0.2, 0) is 28.0 Å². The number of nitrogens with one attached hydrogen (secondary N) is 1. The van der Waals surface area contributed by atoms with E-state index in [4.69, 9.17) is 0 Å². The lowest BCUT2D eigenvalue weighted by atomic mass is 9.49. The third-order valence-corrected chi connectivity index (χ3v) is 10.0. The fourth-order valence-corrected chi connectivity index (χ4v) is 8.12. The number of hydrogen-bond acceptors (Lipinski definition) is 6. The molecular formula is C23H29N3O3S. The highest BCUT2D eigenvalue weighted by atomic mass is 32.1. The lowest BCUT2D eigenvalue weighted by molar-refractivity contribution is -0.148. The lowest BCUT2D eigenvalue weighted by Crippen LogP contribution is -2.54. The smallest absolute Gasteiger partial charge is 0.125 e. The van der Waals surface area contributed by atoms with E-state index in [9.17, 15) is 14.7 Å². The summed E-state index contributed by atoms with van der Waals surface area (Å²) in [5.41, 5.74) is 0.571. The van der Waals surface area contributed by atoms with E-state index in [0.29, 0.717) is 12.8 Å². The van der Waals surface area contributed by atoms with Crippen LogP contribution in [0.15, 0.2) is 17.8 Å². The summed E-state index contributed by atoms with van der Waals surface area (Å²) in [6.07, 6.45) is 10.4. The molecule has 0 bridgehead atoms. The first-order valence-electron chi connectivity index (χ1n) is 10.9. The van der Waals surface area contributed by atoms with Gasteiger partial charge in [0.2, 0.25) is 0 Å². The molecule has 0 unspecified atom stereocenters. The minimum absolute atomic E-state index is 0.0949. The number of nitrogens with zero attached hydrogens (tertiary/aromatic N) is 2. The summed E-state index contributed by atoms with van der Waals surface area (Å²) < 4.78 is 0. The summed E-state index contributed by atoms with van der Waals surface area (Å²) in [5.74, 6) is -0.0948. The largest absolute Gasteiger partial charge is 0.382 e. The fourth-order valence-electron chi connectivity index (χ4n) is 7.22. The minimum Gasteiger partial charge on any atom is -0.382 e. The first-order valence-corrected chi connectivity index (χ1v) is 11.8. The van der Waals surface area contributed by atoms with Crippen molar-refractivity contribution >= 4 is 23.9 Å². The molecule has 2 fully saturated rings. The minimum atomic E-state index is -0.979. The number of aliphatic hydroxyl groups is 1. The maximum Gasteiger partial charge on any atom is 0.125 e. The average Bonchev–Trinajstić information content (AvgIpc) is 3.47. The highest BCUT2D eigenvalue weighted by Gasteiger charge is 2.65. The van der Waals surface area contributed by atoms with E-state index < -0.39 is 5.60 Å². The van der Waals surface area contributed by atoms with Gasteiger partial charge in [-0.25, -0.2) is 4.98 Å². The molecule has 0 amide bonds. The van der Waals surface area contributed by atoms with Gasteiger partial charge >= 0.3 is 0 Å². The van der Waals surface area contributed by atoms with Gasteiger partial charge in [-0.1, -0.05) is 13.8 Å². The average molecular weight is 428 g/mol. The molecular weight excluding hydrogens is 398 g/mol. The molecule has 2 saturated carbocycles. The first-order chi connectivity index (χ1) is 14.4. The second kappa shape index (κ2) is 6.82. The van der Waals surface area contributed by atoms with Gasteiger partial charge in [-0.15, -0.1) is 11.3 Å². The molecule has 2 aromatic rings. The Morgan fingerprint density at radius 3 is 2.70 bits per heavy atom. The predicted octanol–water partition coefficient (Wildman–Crippen LogP) is 3.32. The van der Waals surface area contributed by atoms with Crippen LogP contribution in [0.2, 0.25) is 0 Å². The number of rotatable bonds is 4. The molecule has 3 aliphatic carbocycles. The van der Waals surface area contributed by atoms with E-state index in [1.54, 1.807) is 6.20 Å². The van der Waals surface area contributed by atoms with Gasteiger partial charge in [0.25, 0.3) is 0 Å². The Balaban J connectivity index is 1.51. The molecule has 0 spiro atoms. The van der Waals surface area contributed by atoms with Crippen LogP contribution in [0.1, 0.15) is 55.8 Å². The van der Waals surface area contributed by atoms with Gasteiger partial charge in [0, 0.05) is 34.5 Å². The zero-order valence-corrected chi connectivity index (χ0v) is 18.3. The number of carbonyl (C=O) groups is 2. The molecule has 0 aromatic carbocycles. The summed E-state index contributed by atoms with van der Waals surface area (Å²) in [7, 11) is 0. The number of aromatic nitrogens is 3. The lowest BCUT2D eigenvalue weighted by Gasteiger charge is -2.55. The number of thiazole rings is 1. The molecule has 160 valence electrons. The molecule has 7 heteroatoms. The van der Waals surface area contributed by atoms with Crippen molar-refractivity contribution in [1.29, 1.82) is 0 Å². The van der Waals surface area contributed by atoms with E-state index in [2.05, 4.69) is 29.0 Å². The van der Waals surface area contributed by atoms with Crippen LogP contribution in [-0.4, -0.2) is 32.9 Å². The Labute approximate surface area is 180 Å². The SMILES string of the molecule is C[C@]1([C@H]2CC[C@@]3(C)[C@@H](CC[C@@]3(O)c3nccs3)[C@@H]2C=O)Cc2cn[nH]c2C[C@@H]1C=O. The first kappa shape index (κ1) is 20.1. The van der Waals surface area contributed by atoms with Gasteiger partial charge in [-0.2, -0.15) is 5.10 Å². The molecule has 0 saturated heterocycles. The highest BCUT2D eigenvalue weighted by Crippen LogP contribution is 2.66. The number of aromatic amines is 1. The van der Waals surface area contributed by atoms with Crippen LogP contribution in [0.5, 0.6) is 0 Å². The normalized spacial score (nSPS) is 43.0. The van der Waals surface area contributed by atoms with Gasteiger partial charge in [0.15, 0.2) is 0 Å². The van der Waals surface area contributed by atoms with Crippen molar-refractivity contribution in [2.75, 3.05) is 0 Å². The molecule has 2 heterocycles. The molecule has 7 atom stereocenters. The maximum absolute atomic E-state index is 12.5. The number of carbonyl (C=O) groups excluding carboxylic acids is 2. The van der Waals surface area contributed by atoms with E-state index in [1.165, 1.54) is 16.9 Å². The molecule has 2 N–H and O–H groups in total. The van der Waals surface area contributed by atoms with Gasteiger partial charge in [0.05, 0.1) is 6.20 Å². The molecule has 0 radical (unpaired) electrons. The van der Waals surface area contributed by atoms with Crippen LogP contribution in [0, 0.1) is 34.5 Å². The van der Waals surface area contributed by atoms with Crippen molar-refractivity contribution in [2.24, 2.45) is 34.5 Å². The van der Waals surface area contributed by atoms with Crippen molar-refractivity contribution in [2.45, 2.75) is 58.0 Å². The van der Waals surface area contributed by atoms with Crippen LogP contribution >= 0.6 is 11.3 Å². The topological polar surface area (TPSA) is 95.9 Å². The van der Waals surface area contributed by atoms with Crippen molar-refractivity contribution in [1.82, 2.24) is 15.2 Å². The van der Waals surface area contributed by atoms with Crippen LogP contribution < -0.4 is 0 Å². The Kier molecular flexibility index (Phi) is 4.56. The van der Waals surface area contributed by atoms with Crippen LogP contribution in [0.3, 0.4) is 0 Å². The Morgan fingerprint density at radius 2 is 2.00 bits per heavy atom. The second-order valence-corrected chi connectivity index (χ2v) is 11.0. The Hall–Kier alpha value is -1.86. The molecule has 0 aliphatic heterocycles. The Morgan fingerprint density at radius 1 is 1.20 bits per heavy atom. The van der Waals surface area contributed by atoms with Crippen molar-refractivity contribution < 1.29 is 14.7 Å². The molecule has 2 aromatic heterocycles. The third kappa shape index (κ3) is 2.51. The van der Waals surface area contributed by atoms with Crippen molar-refractivity contribution in [3.63, 3.8) is 0 Å². The maximum atomic E-state index is 12.5. The van der Waals surface area contributed by atoms with Crippen LogP contribution in [0.4, 0.5) is 0 Å². The van der Waals surface area contributed by atoms with Gasteiger partial charge < -0.3 is 14.7 Å². The quantitative estimate of drug-likeness (QED) is 0.730. The number of aldehydes is 2. The van der Waals surface area contributed by atoms with E-state index in [0.717, 1.165) is 49.0 Å². The Bertz CT molecular complexity index is 959. The van der Waals surface area contributed by atoms with Gasteiger partial charge in [0.1, 0.15) is 23.2 Å². The third-order valence-electron chi connectivity index (χ3n) is 9.09. The van der Waals surface area contributed by atoms with Crippen molar-refractivity contribution in [3.8, 4) is 0 Å². The van der Waals surface area contributed by atoms with Gasteiger partial charge in [-0.3, -0.25) is 5.10 Å². The summed E-state index contributed by atoms with van der Waals surface area (Å²) in [6, 6.07) is 0. The fraction of sp³-hybridized carbons (Fsp3) is 0.652. The van der Waals surface area contributed by atoms with E-state index in [1.807, 2.05) is 11.6 Å². The summed E-state index contributed by atoms with van der Waals surface area (Å²) in [6.45, 7) is 4.33. The molecule has 5 rings (SSSR count). The number of H-pyrrole nitrogens is 1. The second-order valence-electron chi connectivity index (χ2n) is 10.1. The highest BCUT2D eigenvalue weighted by molar-refractivity contribution is 7.09. The van der Waals surface area contributed by atoms with E-state index in [-0.39, 0.29) is 34.5 Å². The van der Waals surface area contributed by atoms with Crippen LogP contribution in [0.25, 0.3) is 0 Å². The molecule has 30 heavy (non-hydrogen) atoms. The monoisotopic (exact) mass is 427 g/mol. The van der Waals surface area contributed by atoms with Crippen molar-refractivity contribution in [3.05, 3.63) is 34.0 Å². The number of fused-ring (bicyclic) bond motifs is 2. The number of hydrogen-bond donors (Lipinski definition) is 2. The predicted molar refractivity (Wildman–Crippen MR) is 113 cm³/mol.